The van der Waals surface area contributed by atoms with Gasteiger partial charge in [-0.1, -0.05) is 36.4 Å². The normalized spacial score (nSPS) is 16.1. The number of aromatic nitrogens is 2. The van der Waals surface area contributed by atoms with Gasteiger partial charge >= 0.3 is 6.18 Å². The molecular weight excluding hydrogens is 509 g/mol. The molecule has 0 N–H and O–H groups in total. The second-order valence-electron chi connectivity index (χ2n) is 9.87. The quantitative estimate of drug-likeness (QED) is 0.314. The number of fused-ring (bicyclic) bond motifs is 3. The van der Waals surface area contributed by atoms with Crippen molar-refractivity contribution in [2.24, 2.45) is 0 Å². The Morgan fingerprint density at radius 1 is 0.921 bits per heavy atom. The molecule has 1 aliphatic carbocycles. The highest BCUT2D eigenvalue weighted by atomic mass is 32.1. The molecule has 0 bridgehead atoms. The number of hydrogen-bond donors (Lipinski definition) is 0. The molecule has 3 heterocycles. The third-order valence-corrected chi connectivity index (χ3v) is 8.54. The van der Waals surface area contributed by atoms with Gasteiger partial charge in [-0.2, -0.15) is 13.2 Å². The number of halogens is 3. The molecule has 0 radical (unpaired) electrons. The summed E-state index contributed by atoms with van der Waals surface area (Å²) in [4.78, 5) is 29.4. The number of nitrogens with zero attached hydrogens (tertiary/aromatic N) is 4. The third-order valence-electron chi connectivity index (χ3n) is 7.35. The Kier molecular flexibility index (Phi) is 6.55. The highest BCUT2D eigenvalue weighted by Gasteiger charge is 2.32. The Morgan fingerprint density at radius 3 is 2.45 bits per heavy atom. The Labute approximate surface area is 222 Å². The summed E-state index contributed by atoms with van der Waals surface area (Å²) in [6, 6.07) is 14.8. The number of amides is 1. The SMILES string of the molecule is O=C(c1cccc(C(F)(F)F)c1)N1CCN(c2nc(Cc3ccccc3)nc3sc4c(c23)CCCC4)CC1. The van der Waals surface area contributed by atoms with E-state index in [4.69, 9.17) is 9.97 Å². The Bertz CT molecular complexity index is 1480. The minimum atomic E-state index is -4.48. The summed E-state index contributed by atoms with van der Waals surface area (Å²) in [6.07, 6.45) is 0.602. The number of aryl methyl sites for hydroxylation is 2. The number of rotatable bonds is 4. The molecule has 5 nitrogen and oxygen atoms in total. The lowest BCUT2D eigenvalue weighted by Crippen LogP contribution is -2.49. The third kappa shape index (κ3) is 4.87. The topological polar surface area (TPSA) is 49.3 Å². The number of piperazine rings is 1. The van der Waals surface area contributed by atoms with Gasteiger partial charge in [-0.3, -0.25) is 4.79 Å². The molecule has 9 heteroatoms. The molecule has 1 amide bonds. The fourth-order valence-corrected chi connectivity index (χ4v) is 6.67. The summed E-state index contributed by atoms with van der Waals surface area (Å²) in [7, 11) is 0. The van der Waals surface area contributed by atoms with E-state index in [2.05, 4.69) is 17.0 Å². The number of carbonyl (C=O) groups excluding carboxylic acids is 1. The lowest BCUT2D eigenvalue weighted by atomic mass is 9.96. The molecule has 38 heavy (non-hydrogen) atoms. The van der Waals surface area contributed by atoms with Gasteiger partial charge in [-0.05, 0) is 55.0 Å². The van der Waals surface area contributed by atoms with Crippen molar-refractivity contribution < 1.29 is 18.0 Å². The number of benzene rings is 2. The predicted molar refractivity (Wildman–Crippen MR) is 143 cm³/mol. The maximum atomic E-state index is 13.2. The lowest BCUT2D eigenvalue weighted by Gasteiger charge is -2.36. The van der Waals surface area contributed by atoms with Gasteiger partial charge in [0.1, 0.15) is 16.5 Å². The first kappa shape index (κ1) is 24.9. The molecule has 0 atom stereocenters. The maximum absolute atomic E-state index is 13.2. The van der Waals surface area contributed by atoms with E-state index in [1.165, 1.54) is 29.0 Å². The minimum Gasteiger partial charge on any atom is -0.352 e. The van der Waals surface area contributed by atoms with Crippen molar-refractivity contribution >= 4 is 33.3 Å². The molecule has 0 spiro atoms. The second-order valence-corrected chi connectivity index (χ2v) is 11.0. The van der Waals surface area contributed by atoms with E-state index in [9.17, 15) is 18.0 Å². The van der Waals surface area contributed by atoms with Gasteiger partial charge in [-0.25, -0.2) is 9.97 Å². The summed E-state index contributed by atoms with van der Waals surface area (Å²) in [6.45, 7) is 1.96. The van der Waals surface area contributed by atoms with Crippen LogP contribution in [0.2, 0.25) is 0 Å². The van der Waals surface area contributed by atoms with Crippen LogP contribution in [-0.4, -0.2) is 47.0 Å². The van der Waals surface area contributed by atoms with Crippen molar-refractivity contribution in [3.8, 4) is 0 Å². The van der Waals surface area contributed by atoms with E-state index in [0.717, 1.165) is 58.8 Å². The van der Waals surface area contributed by atoms with Gasteiger partial charge in [0.15, 0.2) is 0 Å². The minimum absolute atomic E-state index is 0.0646. The largest absolute Gasteiger partial charge is 0.416 e. The molecule has 1 aliphatic heterocycles. The van der Waals surface area contributed by atoms with E-state index in [0.29, 0.717) is 32.6 Å². The Morgan fingerprint density at radius 2 is 1.68 bits per heavy atom. The van der Waals surface area contributed by atoms with E-state index >= 15 is 0 Å². The lowest BCUT2D eigenvalue weighted by molar-refractivity contribution is -0.137. The van der Waals surface area contributed by atoms with Crippen LogP contribution in [0.25, 0.3) is 10.2 Å². The van der Waals surface area contributed by atoms with Crippen molar-refractivity contribution in [2.75, 3.05) is 31.1 Å². The van der Waals surface area contributed by atoms with Crippen LogP contribution in [-0.2, 0) is 25.4 Å². The van der Waals surface area contributed by atoms with Gasteiger partial charge in [0.05, 0.1) is 10.9 Å². The first-order valence-corrected chi connectivity index (χ1v) is 13.7. The molecule has 4 aromatic rings. The zero-order valence-electron chi connectivity index (χ0n) is 20.8. The first-order valence-electron chi connectivity index (χ1n) is 12.9. The molecule has 2 aliphatic rings. The van der Waals surface area contributed by atoms with Crippen molar-refractivity contribution in [1.29, 1.82) is 0 Å². The molecule has 0 saturated carbocycles. The van der Waals surface area contributed by atoms with E-state index in [1.54, 1.807) is 16.2 Å². The predicted octanol–water partition coefficient (Wildman–Crippen LogP) is 6.14. The van der Waals surface area contributed by atoms with Crippen LogP contribution in [0.1, 0.15) is 50.6 Å². The van der Waals surface area contributed by atoms with E-state index in [-0.39, 0.29) is 11.5 Å². The molecule has 196 valence electrons. The van der Waals surface area contributed by atoms with Crippen LogP contribution < -0.4 is 4.90 Å². The standard InChI is InChI=1S/C29H27F3N4OS/c30-29(31,32)21-10-6-9-20(18-21)28(37)36-15-13-35(14-16-36)26-25-22-11-4-5-12-23(22)38-27(25)34-24(33-26)17-19-7-2-1-3-8-19/h1-3,6-10,18H,4-5,11-17H2. The van der Waals surface area contributed by atoms with Gasteiger partial charge in [0.2, 0.25) is 0 Å². The molecule has 2 aromatic heterocycles. The fraction of sp³-hybridized carbons (Fsp3) is 0.345. The van der Waals surface area contributed by atoms with Crippen molar-refractivity contribution in [2.45, 2.75) is 38.3 Å². The van der Waals surface area contributed by atoms with Crippen molar-refractivity contribution in [3.63, 3.8) is 0 Å². The average molecular weight is 537 g/mol. The maximum Gasteiger partial charge on any atom is 0.416 e. The fourth-order valence-electron chi connectivity index (χ4n) is 5.40. The highest BCUT2D eigenvalue weighted by molar-refractivity contribution is 7.19. The molecule has 6 rings (SSSR count). The van der Waals surface area contributed by atoms with Crippen LogP contribution >= 0.6 is 11.3 Å². The van der Waals surface area contributed by atoms with Crippen molar-refractivity contribution in [1.82, 2.24) is 14.9 Å². The number of anilines is 1. The summed E-state index contributed by atoms with van der Waals surface area (Å²) in [5, 5.41) is 1.14. The molecule has 2 aromatic carbocycles. The summed E-state index contributed by atoms with van der Waals surface area (Å²) in [5.41, 5.74) is 1.77. The Hall–Kier alpha value is -3.46. The smallest absolute Gasteiger partial charge is 0.352 e. The molecular formula is C29H27F3N4OS. The zero-order chi connectivity index (χ0) is 26.3. The first-order chi connectivity index (χ1) is 18.4. The summed E-state index contributed by atoms with van der Waals surface area (Å²) >= 11 is 1.77. The van der Waals surface area contributed by atoms with E-state index in [1.807, 2.05) is 18.2 Å². The van der Waals surface area contributed by atoms with Crippen LogP contribution in [0.5, 0.6) is 0 Å². The highest BCUT2D eigenvalue weighted by Crippen LogP contribution is 2.40. The summed E-state index contributed by atoms with van der Waals surface area (Å²) in [5.74, 6) is 1.33. The molecule has 1 fully saturated rings. The number of alkyl halides is 3. The van der Waals surface area contributed by atoms with Gasteiger partial charge < -0.3 is 9.80 Å². The monoisotopic (exact) mass is 536 g/mol. The number of thiophene rings is 1. The summed E-state index contributed by atoms with van der Waals surface area (Å²) < 4.78 is 39.5. The van der Waals surface area contributed by atoms with Crippen LogP contribution in [0.15, 0.2) is 54.6 Å². The van der Waals surface area contributed by atoms with Gasteiger partial charge in [0, 0.05) is 43.0 Å². The van der Waals surface area contributed by atoms with Gasteiger partial charge in [-0.15, -0.1) is 11.3 Å². The van der Waals surface area contributed by atoms with Gasteiger partial charge in [0.25, 0.3) is 5.91 Å². The van der Waals surface area contributed by atoms with Crippen LogP contribution in [0.4, 0.5) is 19.0 Å². The average Bonchev–Trinajstić information content (AvgIpc) is 3.31. The zero-order valence-corrected chi connectivity index (χ0v) is 21.6. The Balaban J connectivity index is 1.27. The van der Waals surface area contributed by atoms with Crippen LogP contribution in [0.3, 0.4) is 0 Å². The number of hydrogen-bond acceptors (Lipinski definition) is 5. The second kappa shape index (κ2) is 10.0. The number of carbonyl (C=O) groups is 1. The molecule has 0 unspecified atom stereocenters. The van der Waals surface area contributed by atoms with E-state index < -0.39 is 11.7 Å². The molecule has 1 saturated heterocycles. The van der Waals surface area contributed by atoms with Crippen molar-refractivity contribution in [3.05, 3.63) is 87.6 Å². The van der Waals surface area contributed by atoms with Crippen LogP contribution in [0, 0.1) is 0 Å².